The van der Waals surface area contributed by atoms with Gasteiger partial charge in [-0.3, -0.25) is 4.79 Å². The number of benzene rings is 1. The summed E-state index contributed by atoms with van der Waals surface area (Å²) in [4.78, 5) is 14.0. The van der Waals surface area contributed by atoms with Crippen LogP contribution < -0.4 is 5.32 Å². The fourth-order valence-corrected chi connectivity index (χ4v) is 2.47. The van der Waals surface area contributed by atoms with Gasteiger partial charge in [0.1, 0.15) is 5.82 Å². The number of nitrogens with one attached hydrogen (secondary N) is 1. The maximum absolute atomic E-state index is 13.0. The molecule has 1 aromatic rings. The zero-order valence-electron chi connectivity index (χ0n) is 9.95. The molecule has 1 saturated heterocycles. The highest BCUT2D eigenvalue weighted by Crippen LogP contribution is 2.20. The highest BCUT2D eigenvalue weighted by Gasteiger charge is 2.23. The second-order valence-electron chi connectivity index (χ2n) is 4.23. The molecule has 6 heteroatoms. The van der Waals surface area contributed by atoms with Crippen molar-refractivity contribution in [1.82, 2.24) is 10.2 Å². The van der Waals surface area contributed by atoms with Crippen molar-refractivity contribution < 1.29 is 9.18 Å². The number of hydrogen-bond acceptors (Lipinski definition) is 2. The van der Waals surface area contributed by atoms with Crippen LogP contribution in [-0.2, 0) is 0 Å². The minimum Gasteiger partial charge on any atom is -0.336 e. The van der Waals surface area contributed by atoms with Gasteiger partial charge in [0.2, 0.25) is 0 Å². The molecule has 1 heterocycles. The van der Waals surface area contributed by atoms with Gasteiger partial charge in [0.05, 0.1) is 5.56 Å². The molecule has 100 valence electrons. The highest BCUT2D eigenvalue weighted by molar-refractivity contribution is 9.10. The first-order valence-corrected chi connectivity index (χ1v) is 6.35. The van der Waals surface area contributed by atoms with E-state index in [9.17, 15) is 9.18 Å². The molecule has 0 unspecified atom stereocenters. The maximum Gasteiger partial charge on any atom is 0.255 e. The predicted molar refractivity (Wildman–Crippen MR) is 74.7 cm³/mol. The Bertz CT molecular complexity index is 444. The predicted octanol–water partition coefficient (Wildman–Crippen LogP) is 2.44. The lowest BCUT2D eigenvalue weighted by Crippen LogP contribution is -2.51. The molecule has 1 aromatic carbocycles. The summed E-state index contributed by atoms with van der Waals surface area (Å²) in [6, 6.07) is 4.45. The first kappa shape index (κ1) is 15.4. The van der Waals surface area contributed by atoms with Gasteiger partial charge in [0.15, 0.2) is 0 Å². The van der Waals surface area contributed by atoms with E-state index in [1.54, 1.807) is 4.90 Å². The standard InChI is InChI=1S/C12H14BrFN2O.ClH/c1-8-7-16(5-4-15-8)12(17)10-3-2-9(14)6-11(10)13;/h2-3,6,8,15H,4-5,7H2,1H3;1H/t8-;/m0./s1. The molecular formula is C12H15BrClFN2O. The fourth-order valence-electron chi connectivity index (χ4n) is 1.95. The van der Waals surface area contributed by atoms with Crippen molar-refractivity contribution in [1.29, 1.82) is 0 Å². The van der Waals surface area contributed by atoms with Crippen LogP contribution in [0, 0.1) is 5.82 Å². The molecule has 0 spiro atoms. The highest BCUT2D eigenvalue weighted by atomic mass is 79.9. The summed E-state index contributed by atoms with van der Waals surface area (Å²) in [5.41, 5.74) is 0.514. The average Bonchev–Trinajstić information content (AvgIpc) is 2.28. The summed E-state index contributed by atoms with van der Waals surface area (Å²) in [7, 11) is 0. The molecular weight excluding hydrogens is 322 g/mol. The average molecular weight is 338 g/mol. The molecule has 1 N–H and O–H groups in total. The van der Waals surface area contributed by atoms with Gasteiger partial charge in [0, 0.05) is 30.1 Å². The van der Waals surface area contributed by atoms with Crippen LogP contribution in [0.2, 0.25) is 0 Å². The van der Waals surface area contributed by atoms with E-state index in [-0.39, 0.29) is 24.1 Å². The molecule has 3 nitrogen and oxygen atoms in total. The number of piperazine rings is 1. The van der Waals surface area contributed by atoms with Gasteiger partial charge in [0.25, 0.3) is 5.91 Å². The topological polar surface area (TPSA) is 32.3 Å². The quantitative estimate of drug-likeness (QED) is 0.854. The molecule has 1 amide bonds. The Hall–Kier alpha value is -0.650. The van der Waals surface area contributed by atoms with Gasteiger partial charge in [-0.15, -0.1) is 12.4 Å². The molecule has 0 bridgehead atoms. The van der Waals surface area contributed by atoms with Crippen molar-refractivity contribution >= 4 is 34.2 Å². The van der Waals surface area contributed by atoms with E-state index in [1.165, 1.54) is 18.2 Å². The normalized spacial score (nSPS) is 19.3. The Balaban J connectivity index is 0.00000162. The Kier molecular flexibility index (Phi) is 5.56. The minimum atomic E-state index is -0.345. The summed E-state index contributed by atoms with van der Waals surface area (Å²) < 4.78 is 13.5. The zero-order valence-corrected chi connectivity index (χ0v) is 12.4. The molecule has 0 aromatic heterocycles. The van der Waals surface area contributed by atoms with Gasteiger partial charge in [-0.2, -0.15) is 0 Å². The third-order valence-electron chi connectivity index (χ3n) is 2.82. The first-order chi connectivity index (χ1) is 8.08. The summed E-state index contributed by atoms with van der Waals surface area (Å²) in [5, 5.41) is 3.28. The first-order valence-electron chi connectivity index (χ1n) is 5.55. The number of nitrogens with zero attached hydrogens (tertiary/aromatic N) is 1. The second kappa shape index (κ2) is 6.50. The van der Waals surface area contributed by atoms with E-state index in [2.05, 4.69) is 21.2 Å². The summed E-state index contributed by atoms with van der Waals surface area (Å²) in [6.07, 6.45) is 0. The zero-order chi connectivity index (χ0) is 12.4. The minimum absolute atomic E-state index is 0. The SMILES string of the molecule is C[C@H]1CN(C(=O)c2ccc(F)cc2Br)CCN1.Cl. The fraction of sp³-hybridized carbons (Fsp3) is 0.417. The van der Waals surface area contributed by atoms with E-state index < -0.39 is 0 Å². The number of hydrogen-bond donors (Lipinski definition) is 1. The van der Waals surface area contributed by atoms with Crippen molar-refractivity contribution in [2.45, 2.75) is 13.0 Å². The maximum atomic E-state index is 13.0. The molecule has 0 aliphatic carbocycles. The van der Waals surface area contributed by atoms with Crippen LogP contribution in [0.5, 0.6) is 0 Å². The molecule has 2 rings (SSSR count). The number of halogens is 3. The number of carbonyl (C=O) groups is 1. The van der Waals surface area contributed by atoms with Crippen molar-refractivity contribution in [3.05, 3.63) is 34.1 Å². The van der Waals surface area contributed by atoms with Gasteiger partial charge < -0.3 is 10.2 Å². The van der Waals surface area contributed by atoms with Crippen molar-refractivity contribution in [3.8, 4) is 0 Å². The van der Waals surface area contributed by atoms with Crippen LogP contribution in [0.15, 0.2) is 22.7 Å². The molecule has 18 heavy (non-hydrogen) atoms. The Labute approximate surface area is 120 Å². The lowest BCUT2D eigenvalue weighted by atomic mass is 10.1. The van der Waals surface area contributed by atoms with E-state index >= 15 is 0 Å². The van der Waals surface area contributed by atoms with Crippen LogP contribution in [0.4, 0.5) is 4.39 Å². The lowest BCUT2D eigenvalue weighted by Gasteiger charge is -2.32. The molecule has 1 aliphatic heterocycles. The Morgan fingerprint density at radius 1 is 1.56 bits per heavy atom. The largest absolute Gasteiger partial charge is 0.336 e. The van der Waals surface area contributed by atoms with Gasteiger partial charge >= 0.3 is 0 Å². The van der Waals surface area contributed by atoms with Crippen LogP contribution in [0.25, 0.3) is 0 Å². The Morgan fingerprint density at radius 2 is 2.28 bits per heavy atom. The summed E-state index contributed by atoms with van der Waals surface area (Å²) in [6.45, 7) is 4.21. The van der Waals surface area contributed by atoms with Crippen LogP contribution >= 0.6 is 28.3 Å². The van der Waals surface area contributed by atoms with Crippen molar-refractivity contribution in [2.24, 2.45) is 0 Å². The third-order valence-corrected chi connectivity index (χ3v) is 3.47. The molecule has 1 atom stereocenters. The monoisotopic (exact) mass is 336 g/mol. The van der Waals surface area contributed by atoms with E-state index in [0.29, 0.717) is 29.2 Å². The smallest absolute Gasteiger partial charge is 0.255 e. The molecule has 1 fully saturated rings. The third kappa shape index (κ3) is 3.43. The van der Waals surface area contributed by atoms with Crippen LogP contribution in [-0.4, -0.2) is 36.5 Å². The molecule has 1 aliphatic rings. The molecule has 0 radical (unpaired) electrons. The van der Waals surface area contributed by atoms with Crippen LogP contribution in [0.1, 0.15) is 17.3 Å². The number of rotatable bonds is 1. The second-order valence-corrected chi connectivity index (χ2v) is 5.08. The van der Waals surface area contributed by atoms with Crippen molar-refractivity contribution in [3.63, 3.8) is 0 Å². The number of carbonyl (C=O) groups excluding carboxylic acids is 1. The Morgan fingerprint density at radius 3 is 2.89 bits per heavy atom. The van der Waals surface area contributed by atoms with Crippen molar-refractivity contribution in [2.75, 3.05) is 19.6 Å². The van der Waals surface area contributed by atoms with E-state index in [4.69, 9.17) is 0 Å². The van der Waals surface area contributed by atoms with Gasteiger partial charge in [-0.1, -0.05) is 0 Å². The van der Waals surface area contributed by atoms with Gasteiger partial charge in [-0.25, -0.2) is 4.39 Å². The van der Waals surface area contributed by atoms with Gasteiger partial charge in [-0.05, 0) is 41.1 Å². The van der Waals surface area contributed by atoms with Crippen LogP contribution in [0.3, 0.4) is 0 Å². The molecule has 0 saturated carbocycles. The van der Waals surface area contributed by atoms with E-state index in [0.717, 1.165) is 6.54 Å². The number of amides is 1. The lowest BCUT2D eigenvalue weighted by molar-refractivity contribution is 0.0708. The van der Waals surface area contributed by atoms with E-state index in [1.807, 2.05) is 6.92 Å². The summed E-state index contributed by atoms with van der Waals surface area (Å²) in [5.74, 6) is -0.396. The summed E-state index contributed by atoms with van der Waals surface area (Å²) >= 11 is 3.23.